The van der Waals surface area contributed by atoms with Crippen LogP contribution in [0.4, 0.5) is 4.39 Å². The minimum absolute atomic E-state index is 0.145. The second kappa shape index (κ2) is 9.68. The summed E-state index contributed by atoms with van der Waals surface area (Å²) < 4.78 is 17.8. The van der Waals surface area contributed by atoms with E-state index >= 15 is 0 Å². The van der Waals surface area contributed by atoms with E-state index in [4.69, 9.17) is 4.74 Å². The van der Waals surface area contributed by atoms with Crippen LogP contribution >= 0.6 is 11.8 Å². The van der Waals surface area contributed by atoms with Crippen LogP contribution in [0.5, 0.6) is 5.75 Å². The fraction of sp³-hybridized carbons (Fsp3) is 0.222. The Morgan fingerprint density at radius 1 is 1.00 bits per heavy atom. The van der Waals surface area contributed by atoms with Gasteiger partial charge in [0.05, 0.1) is 12.9 Å². The van der Waals surface area contributed by atoms with Crippen LogP contribution in [0.2, 0.25) is 0 Å². The molecule has 0 atom stereocenters. The van der Waals surface area contributed by atoms with Crippen molar-refractivity contribution in [1.82, 2.24) is 10.6 Å². The monoisotopic (exact) mass is 362 g/mol. The molecular weight excluding hydrogens is 343 g/mol. The molecule has 0 fully saturated rings. The lowest BCUT2D eigenvalue weighted by atomic mass is 10.2. The molecule has 2 aromatic rings. The van der Waals surface area contributed by atoms with Crippen molar-refractivity contribution < 1.29 is 18.7 Å². The molecule has 25 heavy (non-hydrogen) atoms. The standard InChI is InChI=1S/C18H19FN2O3S/c1-24-15-6-2-13(3-7-15)18(23)21-11-10-20-17(22)12-25-16-8-4-14(19)5-9-16/h2-9H,10-12H2,1H3,(H,20,22)(H,21,23). The molecule has 0 bridgehead atoms. The van der Waals surface area contributed by atoms with Gasteiger partial charge in [-0.3, -0.25) is 9.59 Å². The molecule has 0 radical (unpaired) electrons. The Bertz CT molecular complexity index is 705. The van der Waals surface area contributed by atoms with Gasteiger partial charge in [-0.05, 0) is 48.5 Å². The van der Waals surface area contributed by atoms with E-state index in [9.17, 15) is 14.0 Å². The molecule has 2 N–H and O–H groups in total. The van der Waals surface area contributed by atoms with Crippen molar-refractivity contribution in [2.24, 2.45) is 0 Å². The third-order valence-electron chi connectivity index (χ3n) is 3.27. The van der Waals surface area contributed by atoms with Gasteiger partial charge in [-0.25, -0.2) is 4.39 Å². The Kier molecular flexibility index (Phi) is 7.28. The molecule has 0 unspecified atom stereocenters. The van der Waals surface area contributed by atoms with Crippen molar-refractivity contribution in [3.63, 3.8) is 0 Å². The van der Waals surface area contributed by atoms with Gasteiger partial charge in [0, 0.05) is 23.5 Å². The van der Waals surface area contributed by atoms with Crippen molar-refractivity contribution in [2.75, 3.05) is 26.0 Å². The highest BCUT2D eigenvalue weighted by Gasteiger charge is 2.06. The van der Waals surface area contributed by atoms with Crippen molar-refractivity contribution in [3.8, 4) is 5.75 Å². The Labute approximate surface area is 150 Å². The van der Waals surface area contributed by atoms with Crippen molar-refractivity contribution in [1.29, 1.82) is 0 Å². The number of rotatable bonds is 8. The quantitative estimate of drug-likeness (QED) is 0.559. The van der Waals surface area contributed by atoms with Gasteiger partial charge in [-0.15, -0.1) is 11.8 Å². The summed E-state index contributed by atoms with van der Waals surface area (Å²) in [6.45, 7) is 0.669. The number of hydrogen-bond acceptors (Lipinski definition) is 4. The number of carbonyl (C=O) groups is 2. The number of ether oxygens (including phenoxy) is 1. The number of nitrogens with one attached hydrogen (secondary N) is 2. The highest BCUT2D eigenvalue weighted by atomic mass is 32.2. The Hall–Kier alpha value is -2.54. The number of hydrogen-bond donors (Lipinski definition) is 2. The van der Waals surface area contributed by atoms with E-state index in [1.807, 2.05) is 0 Å². The SMILES string of the molecule is COc1ccc(C(=O)NCCNC(=O)CSc2ccc(F)cc2)cc1. The summed E-state index contributed by atoms with van der Waals surface area (Å²) in [5, 5.41) is 5.45. The Morgan fingerprint density at radius 3 is 2.28 bits per heavy atom. The Morgan fingerprint density at radius 2 is 1.64 bits per heavy atom. The lowest BCUT2D eigenvalue weighted by Crippen LogP contribution is -2.35. The van der Waals surface area contributed by atoms with E-state index in [1.54, 1.807) is 43.5 Å². The molecule has 0 saturated heterocycles. The topological polar surface area (TPSA) is 67.4 Å². The maximum atomic E-state index is 12.8. The van der Waals surface area contributed by atoms with E-state index in [2.05, 4.69) is 10.6 Å². The van der Waals surface area contributed by atoms with Crippen molar-refractivity contribution >= 4 is 23.6 Å². The molecule has 2 rings (SSSR count). The predicted molar refractivity (Wildman–Crippen MR) is 95.5 cm³/mol. The second-order valence-electron chi connectivity index (χ2n) is 5.08. The summed E-state index contributed by atoms with van der Waals surface area (Å²) in [5.41, 5.74) is 0.527. The first-order chi connectivity index (χ1) is 12.1. The molecule has 0 heterocycles. The van der Waals surface area contributed by atoms with Gasteiger partial charge in [-0.1, -0.05) is 0 Å². The van der Waals surface area contributed by atoms with Crippen LogP contribution in [-0.4, -0.2) is 37.8 Å². The molecule has 7 heteroatoms. The minimum atomic E-state index is -0.304. The van der Waals surface area contributed by atoms with Gasteiger partial charge in [0.2, 0.25) is 5.91 Å². The molecule has 0 aromatic heterocycles. The van der Waals surface area contributed by atoms with Gasteiger partial charge in [0.1, 0.15) is 11.6 Å². The summed E-state index contributed by atoms with van der Waals surface area (Å²) in [5.74, 6) is 0.257. The molecule has 0 aliphatic rings. The molecule has 2 amide bonds. The van der Waals surface area contributed by atoms with Crippen LogP contribution in [-0.2, 0) is 4.79 Å². The Balaban J connectivity index is 1.63. The third kappa shape index (κ3) is 6.46. The molecule has 0 aliphatic heterocycles. The highest BCUT2D eigenvalue weighted by Crippen LogP contribution is 2.17. The molecule has 5 nitrogen and oxygen atoms in total. The van der Waals surface area contributed by atoms with E-state index in [0.29, 0.717) is 24.4 Å². The number of amides is 2. The average molecular weight is 362 g/mol. The largest absolute Gasteiger partial charge is 0.497 e. The maximum absolute atomic E-state index is 12.8. The van der Waals surface area contributed by atoms with Gasteiger partial charge in [0.25, 0.3) is 5.91 Å². The summed E-state index contributed by atoms with van der Waals surface area (Å²) in [7, 11) is 1.56. The van der Waals surface area contributed by atoms with Crippen LogP contribution in [0.15, 0.2) is 53.4 Å². The van der Waals surface area contributed by atoms with Gasteiger partial charge >= 0.3 is 0 Å². The highest BCUT2D eigenvalue weighted by molar-refractivity contribution is 8.00. The number of methoxy groups -OCH3 is 1. The zero-order valence-corrected chi connectivity index (χ0v) is 14.6. The first-order valence-electron chi connectivity index (χ1n) is 7.66. The second-order valence-corrected chi connectivity index (χ2v) is 6.13. The fourth-order valence-corrected chi connectivity index (χ4v) is 2.68. The zero-order valence-electron chi connectivity index (χ0n) is 13.8. The van der Waals surface area contributed by atoms with Crippen molar-refractivity contribution in [3.05, 3.63) is 59.9 Å². The van der Waals surface area contributed by atoms with E-state index < -0.39 is 0 Å². The number of benzene rings is 2. The van der Waals surface area contributed by atoms with Crippen molar-refractivity contribution in [2.45, 2.75) is 4.90 Å². The summed E-state index contributed by atoms with van der Waals surface area (Å²) >= 11 is 1.32. The summed E-state index contributed by atoms with van der Waals surface area (Å²) in [4.78, 5) is 24.5. The molecule has 0 saturated carbocycles. The fourth-order valence-electron chi connectivity index (χ4n) is 1.95. The van der Waals surface area contributed by atoms with Crippen LogP contribution < -0.4 is 15.4 Å². The lowest BCUT2D eigenvalue weighted by molar-refractivity contribution is -0.118. The number of halogens is 1. The van der Waals surface area contributed by atoms with Crippen LogP contribution in [0.25, 0.3) is 0 Å². The molecule has 0 spiro atoms. The smallest absolute Gasteiger partial charge is 0.251 e. The first kappa shape index (κ1) is 18.8. The average Bonchev–Trinajstić information content (AvgIpc) is 2.64. The zero-order chi connectivity index (χ0) is 18.1. The third-order valence-corrected chi connectivity index (χ3v) is 4.28. The van der Waals surface area contributed by atoms with Gasteiger partial charge in [0.15, 0.2) is 0 Å². The molecular formula is C18H19FN2O3S. The molecule has 132 valence electrons. The lowest BCUT2D eigenvalue weighted by Gasteiger charge is -2.08. The predicted octanol–water partition coefficient (Wildman–Crippen LogP) is 2.47. The van der Waals surface area contributed by atoms with Gasteiger partial charge in [-0.2, -0.15) is 0 Å². The summed E-state index contributed by atoms with van der Waals surface area (Å²) in [6.07, 6.45) is 0. The first-order valence-corrected chi connectivity index (χ1v) is 8.64. The minimum Gasteiger partial charge on any atom is -0.497 e. The number of thioether (sulfide) groups is 1. The molecule has 2 aromatic carbocycles. The van der Waals surface area contributed by atoms with E-state index in [-0.39, 0.29) is 23.4 Å². The van der Waals surface area contributed by atoms with Crippen LogP contribution in [0, 0.1) is 5.82 Å². The molecule has 0 aliphatic carbocycles. The number of carbonyl (C=O) groups excluding carboxylic acids is 2. The van der Waals surface area contributed by atoms with Crippen LogP contribution in [0.3, 0.4) is 0 Å². The van der Waals surface area contributed by atoms with E-state index in [1.165, 1.54) is 23.9 Å². The normalized spacial score (nSPS) is 10.2. The van der Waals surface area contributed by atoms with E-state index in [0.717, 1.165) is 4.90 Å². The maximum Gasteiger partial charge on any atom is 0.251 e. The van der Waals surface area contributed by atoms with Gasteiger partial charge < -0.3 is 15.4 Å². The van der Waals surface area contributed by atoms with Crippen LogP contribution in [0.1, 0.15) is 10.4 Å². The summed E-state index contributed by atoms with van der Waals surface area (Å²) in [6, 6.07) is 12.7.